The normalized spacial score (nSPS) is 24.7. The molecule has 3 saturated heterocycles. The Morgan fingerprint density at radius 3 is 2.23 bits per heavy atom. The van der Waals surface area contributed by atoms with Crippen LogP contribution in [-0.2, 0) is 9.59 Å². The summed E-state index contributed by atoms with van der Waals surface area (Å²) in [6, 6.07) is 10.4. The van der Waals surface area contributed by atoms with E-state index in [-0.39, 0.29) is 17.9 Å². The third-order valence-electron chi connectivity index (χ3n) is 7.27. The Morgan fingerprint density at radius 2 is 1.55 bits per heavy atom. The number of benzene rings is 1. The maximum absolute atomic E-state index is 13.5. The zero-order valence-electron chi connectivity index (χ0n) is 19.0. The van der Waals surface area contributed by atoms with Gasteiger partial charge >= 0.3 is 0 Å². The average molecular weight is 427 g/mol. The van der Waals surface area contributed by atoms with Gasteiger partial charge < -0.3 is 9.80 Å². The largest absolute Gasteiger partial charge is 0.341 e. The molecular weight excluding hydrogens is 388 g/mol. The van der Waals surface area contributed by atoms with Gasteiger partial charge in [-0.15, -0.1) is 0 Å². The number of hydrogen-bond donors (Lipinski definition) is 0. The lowest BCUT2D eigenvalue weighted by atomic mass is 10.0. The number of likely N-dealkylation sites (tertiary alicyclic amines) is 2. The smallest absolute Gasteiger partial charge is 0.244 e. The molecule has 3 aliphatic heterocycles. The first-order valence-corrected chi connectivity index (χ1v) is 12.2. The van der Waals surface area contributed by atoms with Crippen molar-refractivity contribution in [3.8, 4) is 0 Å². The summed E-state index contributed by atoms with van der Waals surface area (Å²) in [6.07, 6.45) is 6.92. The number of amides is 2. The van der Waals surface area contributed by atoms with Gasteiger partial charge in [-0.05, 0) is 51.0 Å². The highest BCUT2D eigenvalue weighted by Gasteiger charge is 2.34. The maximum Gasteiger partial charge on any atom is 0.244 e. The number of hydrogen-bond acceptors (Lipinski definition) is 4. The van der Waals surface area contributed by atoms with Crippen molar-refractivity contribution in [2.75, 3.05) is 52.4 Å². The van der Waals surface area contributed by atoms with Crippen LogP contribution in [0, 0.1) is 0 Å². The van der Waals surface area contributed by atoms with Crippen LogP contribution in [0.3, 0.4) is 0 Å². The number of carbonyl (C=O) groups is 2. The van der Waals surface area contributed by atoms with Crippen molar-refractivity contribution < 1.29 is 9.59 Å². The van der Waals surface area contributed by atoms with Crippen molar-refractivity contribution in [3.63, 3.8) is 0 Å². The van der Waals surface area contributed by atoms with E-state index >= 15 is 0 Å². The second kappa shape index (κ2) is 10.6. The molecule has 0 N–H and O–H groups in total. The Kier molecular flexibility index (Phi) is 7.62. The van der Waals surface area contributed by atoms with Crippen molar-refractivity contribution in [3.05, 3.63) is 35.9 Å². The van der Waals surface area contributed by atoms with Crippen molar-refractivity contribution in [1.29, 1.82) is 0 Å². The van der Waals surface area contributed by atoms with Crippen LogP contribution in [-0.4, -0.2) is 89.8 Å². The number of nitrogens with zero attached hydrogens (tertiary/aromatic N) is 4. The van der Waals surface area contributed by atoms with Crippen LogP contribution in [0.1, 0.15) is 57.1 Å². The summed E-state index contributed by atoms with van der Waals surface area (Å²) in [5.74, 6) is 0.516. The lowest BCUT2D eigenvalue weighted by Gasteiger charge is -2.41. The molecule has 0 aliphatic carbocycles. The van der Waals surface area contributed by atoms with Crippen LogP contribution in [0.4, 0.5) is 0 Å². The van der Waals surface area contributed by atoms with Gasteiger partial charge in [-0.25, -0.2) is 0 Å². The highest BCUT2D eigenvalue weighted by atomic mass is 16.2. The Bertz CT molecular complexity index is 726. The van der Waals surface area contributed by atoms with Crippen LogP contribution in [0.15, 0.2) is 30.3 Å². The van der Waals surface area contributed by atoms with Crippen LogP contribution in [0.5, 0.6) is 0 Å². The molecule has 4 rings (SSSR count). The quantitative estimate of drug-likeness (QED) is 0.726. The fraction of sp³-hybridized carbons (Fsp3) is 0.680. The summed E-state index contributed by atoms with van der Waals surface area (Å²) in [5.41, 5.74) is 1.09. The second-order valence-corrected chi connectivity index (χ2v) is 9.44. The fourth-order valence-corrected chi connectivity index (χ4v) is 5.36. The first-order chi connectivity index (χ1) is 15.1. The van der Waals surface area contributed by atoms with E-state index in [1.165, 1.54) is 12.8 Å². The summed E-state index contributed by atoms with van der Waals surface area (Å²) < 4.78 is 0. The Morgan fingerprint density at radius 1 is 0.871 bits per heavy atom. The molecule has 3 heterocycles. The fourth-order valence-electron chi connectivity index (χ4n) is 5.36. The van der Waals surface area contributed by atoms with Crippen LogP contribution in [0.25, 0.3) is 0 Å². The van der Waals surface area contributed by atoms with Crippen molar-refractivity contribution in [2.45, 2.75) is 57.5 Å². The van der Waals surface area contributed by atoms with Gasteiger partial charge in [0, 0.05) is 51.9 Å². The molecule has 31 heavy (non-hydrogen) atoms. The predicted molar refractivity (Wildman–Crippen MR) is 123 cm³/mol. The van der Waals surface area contributed by atoms with Gasteiger partial charge in [0.15, 0.2) is 0 Å². The topological polar surface area (TPSA) is 47.1 Å². The standard InChI is InChI=1S/C25H38N4O2/c1-21-10-6-9-15-29(21)23(30)20-26-16-18-27(19-17-26)24(22-11-4-2-5-12-22)25(31)28-13-7-3-8-14-28/h2,4-5,11-12,21,24H,3,6-10,13-20H2,1H3/t21-,24-/m1/s1. The van der Waals surface area contributed by atoms with E-state index in [0.717, 1.165) is 77.1 Å². The summed E-state index contributed by atoms with van der Waals surface area (Å²) in [5, 5.41) is 0. The molecular formula is C25H38N4O2. The van der Waals surface area contributed by atoms with E-state index in [1.807, 2.05) is 18.2 Å². The Hall–Kier alpha value is -1.92. The van der Waals surface area contributed by atoms with Gasteiger partial charge in [0.1, 0.15) is 6.04 Å². The highest BCUT2D eigenvalue weighted by Crippen LogP contribution is 2.26. The van der Waals surface area contributed by atoms with Crippen LogP contribution >= 0.6 is 0 Å². The van der Waals surface area contributed by atoms with Gasteiger partial charge in [-0.1, -0.05) is 30.3 Å². The number of rotatable bonds is 5. The highest BCUT2D eigenvalue weighted by molar-refractivity contribution is 5.83. The molecule has 1 aromatic rings. The van der Waals surface area contributed by atoms with E-state index < -0.39 is 0 Å². The zero-order chi connectivity index (χ0) is 21.6. The van der Waals surface area contributed by atoms with Gasteiger partial charge in [0.2, 0.25) is 11.8 Å². The molecule has 0 bridgehead atoms. The SMILES string of the molecule is C[C@@H]1CCCCN1C(=O)CN1CCN([C@@H](C(=O)N2CCCCC2)c2ccccc2)CC1. The monoisotopic (exact) mass is 426 g/mol. The minimum absolute atomic E-state index is 0.209. The van der Waals surface area contributed by atoms with E-state index in [4.69, 9.17) is 0 Å². The minimum atomic E-state index is -0.209. The molecule has 170 valence electrons. The molecule has 3 fully saturated rings. The van der Waals surface area contributed by atoms with Crippen molar-refractivity contribution >= 4 is 11.8 Å². The molecule has 0 aromatic heterocycles. The molecule has 6 heteroatoms. The number of piperazine rings is 1. The zero-order valence-corrected chi connectivity index (χ0v) is 19.0. The lowest BCUT2D eigenvalue weighted by Crippen LogP contribution is -2.54. The van der Waals surface area contributed by atoms with E-state index in [0.29, 0.717) is 12.6 Å². The molecule has 0 radical (unpaired) electrons. The number of carbonyl (C=O) groups excluding carboxylic acids is 2. The molecule has 3 aliphatic rings. The minimum Gasteiger partial charge on any atom is -0.341 e. The third-order valence-corrected chi connectivity index (χ3v) is 7.27. The van der Waals surface area contributed by atoms with Crippen molar-refractivity contribution in [2.24, 2.45) is 0 Å². The van der Waals surface area contributed by atoms with E-state index in [9.17, 15) is 9.59 Å². The van der Waals surface area contributed by atoms with Gasteiger partial charge in [-0.2, -0.15) is 0 Å². The summed E-state index contributed by atoms with van der Waals surface area (Å²) >= 11 is 0. The Labute approximate surface area is 187 Å². The average Bonchev–Trinajstić information content (AvgIpc) is 2.82. The lowest BCUT2D eigenvalue weighted by molar-refractivity contribution is -0.140. The molecule has 0 spiro atoms. The Balaban J connectivity index is 1.38. The van der Waals surface area contributed by atoms with Crippen molar-refractivity contribution in [1.82, 2.24) is 19.6 Å². The molecule has 6 nitrogen and oxygen atoms in total. The van der Waals surface area contributed by atoms with E-state index in [2.05, 4.69) is 38.7 Å². The molecule has 0 unspecified atom stereocenters. The molecule has 2 amide bonds. The van der Waals surface area contributed by atoms with Gasteiger partial charge in [0.05, 0.1) is 6.54 Å². The van der Waals surface area contributed by atoms with E-state index in [1.54, 1.807) is 0 Å². The van der Waals surface area contributed by atoms with Crippen LogP contribution in [0.2, 0.25) is 0 Å². The first-order valence-electron chi connectivity index (χ1n) is 12.2. The van der Waals surface area contributed by atoms with Crippen LogP contribution < -0.4 is 0 Å². The molecule has 0 saturated carbocycles. The van der Waals surface area contributed by atoms with Gasteiger partial charge in [-0.3, -0.25) is 19.4 Å². The third kappa shape index (κ3) is 5.47. The predicted octanol–water partition coefficient (Wildman–Crippen LogP) is 2.76. The maximum atomic E-state index is 13.5. The number of piperidine rings is 2. The summed E-state index contributed by atoms with van der Waals surface area (Å²) in [4.78, 5) is 35.1. The summed E-state index contributed by atoms with van der Waals surface area (Å²) in [6.45, 7) is 8.66. The van der Waals surface area contributed by atoms with Gasteiger partial charge in [0.25, 0.3) is 0 Å². The molecule has 2 atom stereocenters. The second-order valence-electron chi connectivity index (χ2n) is 9.44. The molecule has 1 aromatic carbocycles. The first kappa shape index (κ1) is 22.3. The summed E-state index contributed by atoms with van der Waals surface area (Å²) in [7, 11) is 0.